The molecule has 0 spiro atoms. The minimum Gasteiger partial charge on any atom is -0.305 e. The number of carbonyl (C=O) groups is 1. The summed E-state index contributed by atoms with van der Waals surface area (Å²) in [6, 6.07) is 8.85. The van der Waals surface area contributed by atoms with Gasteiger partial charge in [0.25, 0.3) is 5.91 Å². The molecule has 0 unspecified atom stereocenters. The third-order valence-electron chi connectivity index (χ3n) is 2.46. The number of halogens is 3. The smallest absolute Gasteiger partial charge is 0.257 e. The van der Waals surface area contributed by atoms with E-state index < -0.39 is 0 Å². The first-order valence-corrected chi connectivity index (χ1v) is 7.21. The first kappa shape index (κ1) is 14.6. The number of anilines is 1. The van der Waals surface area contributed by atoms with Crippen LogP contribution in [-0.4, -0.2) is 10.9 Å². The fraction of sp³-hybridized carbons (Fsp3) is 0.0769. The van der Waals surface area contributed by atoms with Gasteiger partial charge in [0, 0.05) is 3.57 Å². The van der Waals surface area contributed by atoms with Gasteiger partial charge in [0.2, 0.25) is 0 Å². The van der Waals surface area contributed by atoms with Crippen LogP contribution < -0.4 is 5.32 Å². The third-order valence-corrected chi connectivity index (χ3v) is 4.07. The molecule has 1 aromatic carbocycles. The summed E-state index contributed by atoms with van der Waals surface area (Å²) in [5, 5.41) is 3.47. The van der Waals surface area contributed by atoms with Crippen molar-refractivity contribution in [1.29, 1.82) is 0 Å². The maximum Gasteiger partial charge on any atom is 0.257 e. The van der Waals surface area contributed by atoms with E-state index in [0.29, 0.717) is 27.1 Å². The number of amides is 1. The molecule has 1 amide bonds. The molecule has 2 rings (SSSR count). The van der Waals surface area contributed by atoms with Gasteiger partial charge in [-0.2, -0.15) is 0 Å². The normalized spacial score (nSPS) is 10.3. The van der Waals surface area contributed by atoms with Crippen LogP contribution in [0.4, 0.5) is 5.82 Å². The van der Waals surface area contributed by atoms with Gasteiger partial charge in [-0.15, -0.1) is 0 Å². The first-order valence-electron chi connectivity index (χ1n) is 5.37. The molecule has 0 radical (unpaired) electrons. The van der Waals surface area contributed by atoms with E-state index >= 15 is 0 Å². The summed E-state index contributed by atoms with van der Waals surface area (Å²) < 4.78 is 0.861. The zero-order valence-corrected chi connectivity index (χ0v) is 13.5. The molecule has 2 aromatic rings. The number of nitrogens with zero attached hydrogens (tertiary/aromatic N) is 1. The molecule has 1 heterocycles. The Morgan fingerprint density at radius 2 is 1.95 bits per heavy atom. The van der Waals surface area contributed by atoms with Crippen molar-refractivity contribution in [3.05, 3.63) is 55.2 Å². The Labute approximate surface area is 134 Å². The highest BCUT2D eigenvalue weighted by Crippen LogP contribution is 2.26. The molecule has 1 N–H and O–H groups in total. The van der Waals surface area contributed by atoms with E-state index in [1.807, 2.05) is 12.1 Å². The van der Waals surface area contributed by atoms with Gasteiger partial charge in [0.05, 0.1) is 21.3 Å². The van der Waals surface area contributed by atoms with Gasteiger partial charge in [0.15, 0.2) is 5.82 Å². The van der Waals surface area contributed by atoms with Gasteiger partial charge in [-0.25, -0.2) is 4.98 Å². The topological polar surface area (TPSA) is 42.0 Å². The monoisotopic (exact) mass is 406 g/mol. The van der Waals surface area contributed by atoms with Gasteiger partial charge >= 0.3 is 0 Å². The maximum atomic E-state index is 12.1. The fourth-order valence-electron chi connectivity index (χ4n) is 1.47. The van der Waals surface area contributed by atoms with E-state index in [1.54, 1.807) is 25.1 Å². The van der Waals surface area contributed by atoms with E-state index in [0.717, 1.165) is 3.57 Å². The Morgan fingerprint density at radius 3 is 2.63 bits per heavy atom. The van der Waals surface area contributed by atoms with Crippen LogP contribution in [0.5, 0.6) is 0 Å². The minimum atomic E-state index is -0.249. The molecule has 0 aliphatic carbocycles. The summed E-state index contributed by atoms with van der Waals surface area (Å²) in [5.41, 5.74) is 1.19. The number of carbonyl (C=O) groups excluding carboxylic acids is 1. The zero-order chi connectivity index (χ0) is 14.0. The van der Waals surface area contributed by atoms with Crippen molar-refractivity contribution < 1.29 is 4.79 Å². The Bertz CT molecular complexity index is 647. The lowest BCUT2D eigenvalue weighted by molar-refractivity contribution is 0.102. The van der Waals surface area contributed by atoms with Crippen LogP contribution in [0.15, 0.2) is 30.3 Å². The summed E-state index contributed by atoms with van der Waals surface area (Å²) in [5.74, 6) is 0.0642. The average Bonchev–Trinajstić information content (AvgIpc) is 2.36. The molecule has 0 saturated carbocycles. The van der Waals surface area contributed by atoms with Crippen molar-refractivity contribution in [2.24, 2.45) is 0 Å². The average molecular weight is 407 g/mol. The number of hydrogen-bond donors (Lipinski definition) is 1. The second-order valence-corrected chi connectivity index (χ2v) is 5.80. The molecule has 19 heavy (non-hydrogen) atoms. The highest BCUT2D eigenvalue weighted by Gasteiger charge is 2.13. The Morgan fingerprint density at radius 1 is 1.26 bits per heavy atom. The fourth-order valence-corrected chi connectivity index (χ4v) is 2.50. The molecule has 1 aromatic heterocycles. The molecule has 6 heteroatoms. The van der Waals surface area contributed by atoms with Crippen LogP contribution in [0.1, 0.15) is 16.1 Å². The zero-order valence-electron chi connectivity index (χ0n) is 9.88. The van der Waals surface area contributed by atoms with Gasteiger partial charge in [-0.1, -0.05) is 35.3 Å². The van der Waals surface area contributed by atoms with Gasteiger partial charge < -0.3 is 5.32 Å². The standard InChI is InChI=1S/C13H9Cl2IN2O/c1-7-9(14)6-10(15)12(17-7)18-13(19)8-4-2-3-5-11(8)16/h2-6H,1H3,(H,17,18,19). The van der Waals surface area contributed by atoms with E-state index in [4.69, 9.17) is 23.2 Å². The lowest BCUT2D eigenvalue weighted by Gasteiger charge is -2.09. The summed E-state index contributed by atoms with van der Waals surface area (Å²) in [6.07, 6.45) is 0. The third kappa shape index (κ3) is 3.38. The van der Waals surface area contributed by atoms with Crippen molar-refractivity contribution in [2.75, 3.05) is 5.32 Å². The summed E-state index contributed by atoms with van der Waals surface area (Å²) in [6.45, 7) is 1.75. The molecule has 0 bridgehead atoms. The number of aryl methyl sites for hydroxylation is 1. The molecular weight excluding hydrogens is 398 g/mol. The molecule has 0 aliphatic rings. The van der Waals surface area contributed by atoms with Crippen molar-refractivity contribution in [1.82, 2.24) is 4.98 Å². The second kappa shape index (κ2) is 6.07. The van der Waals surface area contributed by atoms with Crippen molar-refractivity contribution >= 4 is 57.5 Å². The number of aromatic nitrogens is 1. The number of rotatable bonds is 2. The predicted molar refractivity (Wildman–Crippen MR) is 86.1 cm³/mol. The van der Waals surface area contributed by atoms with Crippen molar-refractivity contribution in [2.45, 2.75) is 6.92 Å². The molecule has 3 nitrogen and oxygen atoms in total. The van der Waals surface area contributed by atoms with Crippen LogP contribution in [0.2, 0.25) is 10.0 Å². The second-order valence-electron chi connectivity index (χ2n) is 3.82. The Kier molecular flexibility index (Phi) is 4.65. The number of hydrogen-bond acceptors (Lipinski definition) is 2. The number of benzene rings is 1. The SMILES string of the molecule is Cc1nc(NC(=O)c2ccccc2I)c(Cl)cc1Cl. The lowest BCUT2D eigenvalue weighted by Crippen LogP contribution is -2.15. The maximum absolute atomic E-state index is 12.1. The predicted octanol–water partition coefficient (Wildman–Crippen LogP) is 4.55. The minimum absolute atomic E-state index is 0.249. The quantitative estimate of drug-likeness (QED) is 0.743. The van der Waals surface area contributed by atoms with Crippen molar-refractivity contribution in [3.63, 3.8) is 0 Å². The van der Waals surface area contributed by atoms with E-state index in [1.165, 1.54) is 0 Å². The lowest BCUT2D eigenvalue weighted by atomic mass is 10.2. The Balaban J connectivity index is 2.30. The van der Waals surface area contributed by atoms with Crippen LogP contribution >= 0.6 is 45.8 Å². The van der Waals surface area contributed by atoms with Crippen molar-refractivity contribution in [3.8, 4) is 0 Å². The van der Waals surface area contributed by atoms with Crippen LogP contribution in [-0.2, 0) is 0 Å². The Hall–Kier alpha value is -0.850. The molecular formula is C13H9Cl2IN2O. The molecule has 0 saturated heterocycles. The largest absolute Gasteiger partial charge is 0.305 e. The van der Waals surface area contributed by atoms with Crippen LogP contribution in [0, 0.1) is 10.5 Å². The van der Waals surface area contributed by atoms with Gasteiger partial charge in [-0.3, -0.25) is 4.79 Å². The highest BCUT2D eigenvalue weighted by molar-refractivity contribution is 14.1. The molecule has 0 aliphatic heterocycles. The summed E-state index contributed by atoms with van der Waals surface area (Å²) in [4.78, 5) is 16.3. The van der Waals surface area contributed by atoms with Gasteiger partial charge in [0.1, 0.15) is 0 Å². The van der Waals surface area contributed by atoms with Gasteiger partial charge in [-0.05, 0) is 47.7 Å². The molecule has 98 valence electrons. The summed E-state index contributed by atoms with van der Waals surface area (Å²) >= 11 is 14.0. The molecule has 0 fully saturated rings. The molecule has 0 atom stereocenters. The summed E-state index contributed by atoms with van der Waals surface area (Å²) in [7, 11) is 0. The van der Waals surface area contributed by atoms with E-state index in [2.05, 4.69) is 32.9 Å². The van der Waals surface area contributed by atoms with E-state index in [9.17, 15) is 4.79 Å². The highest BCUT2D eigenvalue weighted by atomic mass is 127. The number of nitrogens with one attached hydrogen (secondary N) is 1. The van der Waals surface area contributed by atoms with E-state index in [-0.39, 0.29) is 5.91 Å². The first-order chi connectivity index (χ1) is 8.99. The van der Waals surface area contributed by atoms with Crippen LogP contribution in [0.25, 0.3) is 0 Å². The number of pyridine rings is 1. The van der Waals surface area contributed by atoms with Crippen LogP contribution in [0.3, 0.4) is 0 Å².